The number of likely N-dealkylation sites (N-methyl/N-ethyl adjacent to an activating group) is 1. The zero-order valence-electron chi connectivity index (χ0n) is 13.2. The number of carbonyl (C=O) groups is 1. The van der Waals surface area contributed by atoms with E-state index in [1.807, 2.05) is 0 Å². The molecule has 1 amide bonds. The molecule has 1 heterocycles. The van der Waals surface area contributed by atoms with Crippen molar-refractivity contribution in [3.63, 3.8) is 0 Å². The van der Waals surface area contributed by atoms with E-state index in [2.05, 4.69) is 22.5 Å². The molecule has 2 unspecified atom stereocenters. The van der Waals surface area contributed by atoms with Crippen molar-refractivity contribution in [2.75, 3.05) is 26.7 Å². The van der Waals surface area contributed by atoms with Gasteiger partial charge in [-0.3, -0.25) is 9.69 Å². The van der Waals surface area contributed by atoms with Crippen molar-refractivity contribution in [2.45, 2.75) is 64.0 Å². The van der Waals surface area contributed by atoms with Gasteiger partial charge in [-0.1, -0.05) is 19.8 Å². The minimum absolute atomic E-state index is 0.133. The fourth-order valence-corrected chi connectivity index (χ4v) is 3.53. The van der Waals surface area contributed by atoms with Crippen LogP contribution in [0.15, 0.2) is 0 Å². The second-order valence-corrected chi connectivity index (χ2v) is 6.70. The summed E-state index contributed by atoms with van der Waals surface area (Å²) in [5.41, 5.74) is 0. The molecule has 4 heteroatoms. The van der Waals surface area contributed by atoms with E-state index in [-0.39, 0.29) is 5.91 Å². The van der Waals surface area contributed by atoms with Gasteiger partial charge in [-0.25, -0.2) is 0 Å². The molecule has 2 aliphatic rings. The molecule has 2 atom stereocenters. The van der Waals surface area contributed by atoms with Crippen LogP contribution in [0.5, 0.6) is 0 Å². The first-order valence-electron chi connectivity index (χ1n) is 8.36. The molecule has 0 aromatic heterocycles. The zero-order valence-corrected chi connectivity index (χ0v) is 13.2. The molecule has 2 rings (SSSR count). The summed E-state index contributed by atoms with van der Waals surface area (Å²) >= 11 is 0. The monoisotopic (exact) mass is 281 g/mol. The van der Waals surface area contributed by atoms with E-state index >= 15 is 0 Å². The van der Waals surface area contributed by atoms with Crippen LogP contribution < -0.4 is 10.6 Å². The van der Waals surface area contributed by atoms with Gasteiger partial charge < -0.3 is 10.6 Å². The van der Waals surface area contributed by atoms with Crippen LogP contribution in [0.4, 0.5) is 0 Å². The number of amides is 1. The van der Waals surface area contributed by atoms with Crippen LogP contribution in [0.1, 0.15) is 51.9 Å². The summed E-state index contributed by atoms with van der Waals surface area (Å²) in [6.07, 6.45) is 9.23. The van der Waals surface area contributed by atoms with Crippen LogP contribution in [0.2, 0.25) is 0 Å². The largest absolute Gasteiger partial charge is 0.358 e. The first kappa shape index (κ1) is 15.8. The molecule has 0 bridgehead atoms. The highest BCUT2D eigenvalue weighted by molar-refractivity contribution is 5.77. The van der Waals surface area contributed by atoms with E-state index in [1.54, 1.807) is 7.05 Å². The highest BCUT2D eigenvalue weighted by Crippen LogP contribution is 2.23. The van der Waals surface area contributed by atoms with Gasteiger partial charge in [0.15, 0.2) is 0 Å². The van der Waals surface area contributed by atoms with E-state index in [0.717, 1.165) is 25.0 Å². The maximum atomic E-state index is 11.4. The molecular weight excluding hydrogens is 250 g/mol. The van der Waals surface area contributed by atoms with E-state index in [1.165, 1.54) is 44.9 Å². The summed E-state index contributed by atoms with van der Waals surface area (Å²) in [6, 6.07) is 1.39. The fourth-order valence-electron chi connectivity index (χ4n) is 3.53. The molecule has 0 radical (unpaired) electrons. The Morgan fingerprint density at radius 3 is 2.45 bits per heavy atom. The molecule has 1 aliphatic heterocycles. The summed E-state index contributed by atoms with van der Waals surface area (Å²) < 4.78 is 0. The van der Waals surface area contributed by atoms with E-state index < -0.39 is 0 Å². The summed E-state index contributed by atoms with van der Waals surface area (Å²) in [7, 11) is 1.71. The summed E-state index contributed by atoms with van der Waals surface area (Å²) in [5, 5.41) is 6.58. The molecule has 0 spiro atoms. The van der Waals surface area contributed by atoms with Gasteiger partial charge >= 0.3 is 0 Å². The standard InChI is InChI=1S/C16H31N3O/c1-13-4-3-5-14(7-6-13)18-15-8-10-19(11-9-15)12-16(20)17-2/h13-15,18H,3-12H2,1-2H3,(H,17,20). The van der Waals surface area contributed by atoms with E-state index in [9.17, 15) is 4.79 Å². The maximum Gasteiger partial charge on any atom is 0.233 e. The third kappa shape index (κ3) is 5.06. The van der Waals surface area contributed by atoms with Crippen LogP contribution >= 0.6 is 0 Å². The second-order valence-electron chi connectivity index (χ2n) is 6.70. The molecule has 1 saturated heterocycles. The zero-order chi connectivity index (χ0) is 14.4. The van der Waals surface area contributed by atoms with Gasteiger partial charge in [0, 0.05) is 32.2 Å². The topological polar surface area (TPSA) is 44.4 Å². The van der Waals surface area contributed by atoms with Gasteiger partial charge in [0.05, 0.1) is 6.54 Å². The number of hydrogen-bond acceptors (Lipinski definition) is 3. The van der Waals surface area contributed by atoms with Crippen molar-refractivity contribution in [3.8, 4) is 0 Å². The fraction of sp³-hybridized carbons (Fsp3) is 0.938. The maximum absolute atomic E-state index is 11.4. The number of carbonyl (C=O) groups excluding carboxylic acids is 1. The number of piperidine rings is 1. The molecule has 0 aromatic carbocycles. The van der Waals surface area contributed by atoms with Gasteiger partial charge in [0.25, 0.3) is 0 Å². The molecule has 1 saturated carbocycles. The highest BCUT2D eigenvalue weighted by atomic mass is 16.1. The average molecular weight is 281 g/mol. The van der Waals surface area contributed by atoms with Crippen molar-refractivity contribution in [3.05, 3.63) is 0 Å². The van der Waals surface area contributed by atoms with Gasteiger partial charge in [-0.2, -0.15) is 0 Å². The lowest BCUT2D eigenvalue weighted by Gasteiger charge is -2.34. The quantitative estimate of drug-likeness (QED) is 0.772. The Kier molecular flexibility index (Phi) is 6.30. The Bertz CT molecular complexity index is 300. The molecule has 4 nitrogen and oxygen atoms in total. The van der Waals surface area contributed by atoms with Crippen molar-refractivity contribution >= 4 is 5.91 Å². The van der Waals surface area contributed by atoms with Crippen LogP contribution in [-0.4, -0.2) is 49.6 Å². The van der Waals surface area contributed by atoms with E-state index in [0.29, 0.717) is 12.6 Å². The van der Waals surface area contributed by atoms with Crippen molar-refractivity contribution in [1.29, 1.82) is 0 Å². The molecule has 116 valence electrons. The molecule has 2 N–H and O–H groups in total. The number of nitrogens with zero attached hydrogens (tertiary/aromatic N) is 1. The Labute approximate surface area is 123 Å². The summed E-state index contributed by atoms with van der Waals surface area (Å²) in [4.78, 5) is 13.6. The lowest BCUT2D eigenvalue weighted by Crippen LogP contribution is -2.48. The van der Waals surface area contributed by atoms with E-state index in [4.69, 9.17) is 0 Å². The summed E-state index contributed by atoms with van der Waals surface area (Å²) in [5.74, 6) is 1.05. The summed E-state index contributed by atoms with van der Waals surface area (Å²) in [6.45, 7) is 5.05. The SMILES string of the molecule is CNC(=O)CN1CCC(NC2CCCC(C)CC2)CC1. The first-order valence-corrected chi connectivity index (χ1v) is 8.36. The van der Waals surface area contributed by atoms with Gasteiger partial charge in [-0.15, -0.1) is 0 Å². The molecule has 20 heavy (non-hydrogen) atoms. The predicted molar refractivity (Wildman–Crippen MR) is 82.7 cm³/mol. The lowest BCUT2D eigenvalue weighted by molar-refractivity contribution is -0.122. The van der Waals surface area contributed by atoms with Crippen molar-refractivity contribution in [1.82, 2.24) is 15.5 Å². The molecule has 1 aliphatic carbocycles. The minimum Gasteiger partial charge on any atom is -0.358 e. The number of hydrogen-bond donors (Lipinski definition) is 2. The highest BCUT2D eigenvalue weighted by Gasteiger charge is 2.23. The Balaban J connectivity index is 1.67. The van der Waals surface area contributed by atoms with Crippen molar-refractivity contribution in [2.24, 2.45) is 5.92 Å². The number of rotatable bonds is 4. The normalized spacial score (nSPS) is 29.9. The van der Waals surface area contributed by atoms with Crippen LogP contribution in [-0.2, 0) is 4.79 Å². The molecule has 2 fully saturated rings. The third-order valence-corrected chi connectivity index (χ3v) is 4.96. The number of likely N-dealkylation sites (tertiary alicyclic amines) is 1. The Morgan fingerprint density at radius 2 is 1.75 bits per heavy atom. The van der Waals surface area contributed by atoms with Crippen LogP contribution in [0.3, 0.4) is 0 Å². The average Bonchev–Trinajstić information content (AvgIpc) is 2.66. The predicted octanol–water partition coefficient (Wildman–Crippen LogP) is 1.76. The van der Waals surface area contributed by atoms with Crippen molar-refractivity contribution < 1.29 is 4.79 Å². The second kappa shape index (κ2) is 7.99. The Morgan fingerprint density at radius 1 is 1.05 bits per heavy atom. The lowest BCUT2D eigenvalue weighted by atomic mass is 10.0. The van der Waals surface area contributed by atoms with Gasteiger partial charge in [-0.05, 0) is 38.0 Å². The van der Waals surface area contributed by atoms with Gasteiger partial charge in [0.2, 0.25) is 5.91 Å². The van der Waals surface area contributed by atoms with Gasteiger partial charge in [0.1, 0.15) is 0 Å². The Hall–Kier alpha value is -0.610. The molecular formula is C16H31N3O. The minimum atomic E-state index is 0.133. The smallest absolute Gasteiger partial charge is 0.233 e. The van der Waals surface area contributed by atoms with Crippen LogP contribution in [0.25, 0.3) is 0 Å². The number of nitrogens with one attached hydrogen (secondary N) is 2. The third-order valence-electron chi connectivity index (χ3n) is 4.96. The first-order chi connectivity index (χ1) is 9.67. The van der Waals surface area contributed by atoms with Crippen LogP contribution in [0, 0.1) is 5.92 Å². The molecule has 0 aromatic rings.